The molecule has 10 heteroatoms. The first-order valence-electron chi connectivity index (χ1n) is 9.51. The van der Waals surface area contributed by atoms with Gasteiger partial charge in [0.1, 0.15) is 0 Å². The van der Waals surface area contributed by atoms with Gasteiger partial charge in [-0.25, -0.2) is 19.7 Å². The molecule has 0 aliphatic rings. The Morgan fingerprint density at radius 1 is 1.00 bits per heavy atom. The van der Waals surface area contributed by atoms with E-state index in [1.54, 1.807) is 36.4 Å². The Hall–Kier alpha value is -4.44. The number of rotatable bonds is 7. The van der Waals surface area contributed by atoms with Crippen LogP contribution in [0.3, 0.4) is 0 Å². The molecule has 0 atom stereocenters. The molecule has 2 aromatic heterocycles. The van der Waals surface area contributed by atoms with E-state index < -0.39 is 16.7 Å². The maximum atomic E-state index is 12.4. The van der Waals surface area contributed by atoms with Crippen LogP contribution in [0.5, 0.6) is 0 Å². The van der Waals surface area contributed by atoms with Crippen molar-refractivity contribution in [3.8, 4) is 0 Å². The number of hydrogen-bond donors (Lipinski definition) is 1. The second kappa shape index (κ2) is 9.37. The molecular weight excluding hydrogens is 444 g/mol. The molecule has 0 spiro atoms. The second-order valence-electron chi connectivity index (χ2n) is 6.70. The Balaban J connectivity index is 1.79. The zero-order chi connectivity index (χ0) is 23.4. The summed E-state index contributed by atoms with van der Waals surface area (Å²) in [6, 6.07) is 16.4. The van der Waals surface area contributed by atoms with Gasteiger partial charge in [-0.05, 0) is 47.7 Å². The standard InChI is InChI=1S/C23H14N4O5S/c28-21(22(29)30)16(18-8-7-15-4-1-2-5-17(15)26-18)12-14-6-9-20(19(13-14)27(31)32)33-23-24-10-3-11-25-23/h1-13H,(H,29,30)/b16-12-. The average Bonchev–Trinajstić information content (AvgIpc) is 2.83. The Labute approximate surface area is 191 Å². The molecule has 0 fully saturated rings. The van der Waals surface area contributed by atoms with Crippen LogP contribution in [0.15, 0.2) is 83.1 Å². The first kappa shape index (κ1) is 21.8. The van der Waals surface area contributed by atoms with Crippen LogP contribution in [-0.2, 0) is 9.59 Å². The van der Waals surface area contributed by atoms with E-state index in [0.717, 1.165) is 17.1 Å². The van der Waals surface area contributed by atoms with Gasteiger partial charge in [-0.2, -0.15) is 0 Å². The summed E-state index contributed by atoms with van der Waals surface area (Å²) >= 11 is 1.02. The lowest BCUT2D eigenvalue weighted by Crippen LogP contribution is -2.15. The molecule has 1 N–H and O–H groups in total. The first-order chi connectivity index (χ1) is 15.9. The third kappa shape index (κ3) is 4.91. The van der Waals surface area contributed by atoms with Crippen LogP contribution in [0.2, 0.25) is 0 Å². The number of nitro groups is 1. The lowest BCUT2D eigenvalue weighted by atomic mass is 10.0. The van der Waals surface area contributed by atoms with Crippen LogP contribution in [0.1, 0.15) is 11.3 Å². The molecule has 0 radical (unpaired) electrons. The van der Waals surface area contributed by atoms with Gasteiger partial charge in [-0.3, -0.25) is 14.9 Å². The number of carboxylic acids is 1. The lowest BCUT2D eigenvalue weighted by Gasteiger charge is -2.07. The maximum Gasteiger partial charge on any atom is 0.377 e. The van der Waals surface area contributed by atoms with Crippen LogP contribution in [0.25, 0.3) is 22.6 Å². The number of pyridine rings is 1. The van der Waals surface area contributed by atoms with Gasteiger partial charge in [0.25, 0.3) is 11.5 Å². The summed E-state index contributed by atoms with van der Waals surface area (Å²) in [5.41, 5.74) is 0.600. The van der Waals surface area contributed by atoms with Gasteiger partial charge in [-0.15, -0.1) is 0 Å². The zero-order valence-corrected chi connectivity index (χ0v) is 17.6. The van der Waals surface area contributed by atoms with Gasteiger partial charge in [0, 0.05) is 23.8 Å². The molecule has 0 saturated heterocycles. The summed E-state index contributed by atoms with van der Waals surface area (Å²) in [4.78, 5) is 47.8. The smallest absolute Gasteiger partial charge is 0.377 e. The molecule has 0 aliphatic carbocycles. The topological polar surface area (TPSA) is 136 Å². The van der Waals surface area contributed by atoms with Crippen molar-refractivity contribution in [2.24, 2.45) is 0 Å². The summed E-state index contributed by atoms with van der Waals surface area (Å²) in [6.07, 6.45) is 4.34. The fraction of sp³-hybridized carbons (Fsp3) is 0. The van der Waals surface area contributed by atoms with E-state index in [1.165, 1.54) is 30.6 Å². The summed E-state index contributed by atoms with van der Waals surface area (Å²) in [7, 11) is 0. The molecule has 0 bridgehead atoms. The van der Waals surface area contributed by atoms with Crippen LogP contribution >= 0.6 is 11.8 Å². The monoisotopic (exact) mass is 458 g/mol. The number of Topliss-reactive ketones (excluding diaryl/α,β-unsaturated/α-hetero) is 1. The maximum absolute atomic E-state index is 12.4. The number of benzene rings is 2. The van der Waals surface area contributed by atoms with Gasteiger partial charge in [0.2, 0.25) is 0 Å². The number of carbonyl (C=O) groups is 2. The molecule has 4 aromatic rings. The van der Waals surface area contributed by atoms with E-state index in [0.29, 0.717) is 15.6 Å². The number of para-hydroxylation sites is 1. The Morgan fingerprint density at radius 3 is 2.48 bits per heavy atom. The number of ketones is 1. The Bertz CT molecular complexity index is 1420. The van der Waals surface area contributed by atoms with Crippen molar-refractivity contribution < 1.29 is 19.6 Å². The van der Waals surface area contributed by atoms with E-state index in [4.69, 9.17) is 0 Å². The molecule has 0 saturated carbocycles. The number of carboxylic acid groups (broad SMARTS) is 1. The van der Waals surface area contributed by atoms with Crippen molar-refractivity contribution in [1.82, 2.24) is 15.0 Å². The number of carbonyl (C=O) groups excluding carboxylic acids is 1. The molecule has 0 amide bonds. The Morgan fingerprint density at radius 2 is 1.76 bits per heavy atom. The number of aliphatic carboxylic acids is 1. The molecular formula is C23H14N4O5S. The van der Waals surface area contributed by atoms with Crippen LogP contribution in [0.4, 0.5) is 5.69 Å². The fourth-order valence-corrected chi connectivity index (χ4v) is 3.84. The SMILES string of the molecule is O=C(O)C(=O)/C(=C\c1ccc(Sc2ncccn2)c([N+](=O)[O-])c1)c1ccc2ccccc2n1. The number of fused-ring (bicyclic) bond motifs is 1. The molecule has 0 unspecified atom stereocenters. The van der Waals surface area contributed by atoms with Crippen molar-refractivity contribution in [1.29, 1.82) is 0 Å². The van der Waals surface area contributed by atoms with Gasteiger partial charge in [0.05, 0.1) is 26.6 Å². The molecule has 9 nitrogen and oxygen atoms in total. The highest BCUT2D eigenvalue weighted by Gasteiger charge is 2.22. The summed E-state index contributed by atoms with van der Waals surface area (Å²) in [6.45, 7) is 0. The van der Waals surface area contributed by atoms with Crippen molar-refractivity contribution in [2.45, 2.75) is 10.1 Å². The van der Waals surface area contributed by atoms with E-state index in [2.05, 4.69) is 15.0 Å². The van der Waals surface area contributed by atoms with Gasteiger partial charge >= 0.3 is 5.97 Å². The van der Waals surface area contributed by atoms with Crippen LogP contribution in [-0.4, -0.2) is 36.7 Å². The minimum atomic E-state index is -1.65. The molecule has 2 heterocycles. The van der Waals surface area contributed by atoms with E-state index in [9.17, 15) is 24.8 Å². The van der Waals surface area contributed by atoms with E-state index >= 15 is 0 Å². The normalized spacial score (nSPS) is 11.3. The summed E-state index contributed by atoms with van der Waals surface area (Å²) < 4.78 is 0. The van der Waals surface area contributed by atoms with Crippen molar-refractivity contribution in [2.75, 3.05) is 0 Å². The number of nitrogens with zero attached hydrogens (tertiary/aromatic N) is 4. The van der Waals surface area contributed by atoms with Crippen LogP contribution < -0.4 is 0 Å². The minimum Gasteiger partial charge on any atom is -0.475 e. The third-order valence-corrected chi connectivity index (χ3v) is 5.51. The van der Waals surface area contributed by atoms with Gasteiger partial charge in [-0.1, -0.05) is 30.3 Å². The fourth-order valence-electron chi connectivity index (χ4n) is 3.04. The summed E-state index contributed by atoms with van der Waals surface area (Å²) in [5.74, 6) is -2.82. The highest BCUT2D eigenvalue weighted by Crippen LogP contribution is 2.34. The quantitative estimate of drug-likeness (QED) is 0.141. The number of nitro benzene ring substituents is 1. The molecule has 33 heavy (non-hydrogen) atoms. The molecule has 0 aliphatic heterocycles. The first-order valence-corrected chi connectivity index (χ1v) is 10.3. The van der Waals surface area contributed by atoms with Gasteiger partial charge in [0.15, 0.2) is 5.16 Å². The number of aromatic nitrogens is 3. The predicted octanol–water partition coefficient (Wildman–Crippen LogP) is 4.28. The third-order valence-electron chi connectivity index (χ3n) is 4.55. The lowest BCUT2D eigenvalue weighted by molar-refractivity contribution is -0.387. The highest BCUT2D eigenvalue weighted by atomic mass is 32.2. The minimum absolute atomic E-state index is 0.153. The van der Waals surface area contributed by atoms with Crippen molar-refractivity contribution in [3.63, 3.8) is 0 Å². The van der Waals surface area contributed by atoms with Crippen LogP contribution in [0, 0.1) is 10.1 Å². The van der Waals surface area contributed by atoms with Crippen molar-refractivity contribution >= 4 is 51.8 Å². The molecule has 162 valence electrons. The molecule has 2 aromatic carbocycles. The largest absolute Gasteiger partial charge is 0.475 e. The van der Waals surface area contributed by atoms with E-state index in [-0.39, 0.29) is 22.5 Å². The average molecular weight is 458 g/mol. The summed E-state index contributed by atoms with van der Waals surface area (Å²) in [5, 5.41) is 22.1. The predicted molar refractivity (Wildman–Crippen MR) is 122 cm³/mol. The van der Waals surface area contributed by atoms with Gasteiger partial charge < -0.3 is 5.11 Å². The van der Waals surface area contributed by atoms with Crippen molar-refractivity contribution in [3.05, 3.63) is 94.4 Å². The Kier molecular flexibility index (Phi) is 6.18. The second-order valence-corrected chi connectivity index (χ2v) is 7.71. The highest BCUT2D eigenvalue weighted by molar-refractivity contribution is 7.99. The molecule has 4 rings (SSSR count). The van der Waals surface area contributed by atoms with E-state index in [1.807, 2.05) is 12.1 Å². The number of hydrogen-bond acceptors (Lipinski definition) is 8. The zero-order valence-electron chi connectivity index (χ0n) is 16.8.